The average molecular weight is 298 g/mol. The van der Waals surface area contributed by atoms with E-state index in [0.29, 0.717) is 18.1 Å². The lowest BCUT2D eigenvalue weighted by Gasteiger charge is -2.17. The first-order valence-corrected chi connectivity index (χ1v) is 7.51. The van der Waals surface area contributed by atoms with Gasteiger partial charge >= 0.3 is 5.97 Å². The van der Waals surface area contributed by atoms with Crippen molar-refractivity contribution in [3.05, 3.63) is 65.2 Å². The molecule has 0 saturated heterocycles. The molecular weight excluding hydrogens is 276 g/mol. The van der Waals surface area contributed by atoms with Crippen molar-refractivity contribution >= 4 is 5.97 Å². The van der Waals surface area contributed by atoms with Crippen molar-refractivity contribution in [1.29, 1.82) is 0 Å². The summed E-state index contributed by atoms with van der Waals surface area (Å²) in [5.41, 5.74) is 3.14. The number of carboxylic acids is 1. The van der Waals surface area contributed by atoms with Crippen molar-refractivity contribution in [3.63, 3.8) is 0 Å². The second-order valence-corrected chi connectivity index (χ2v) is 5.81. The number of aryl methyl sites for hydroxylation is 1. The molecule has 2 aromatic carbocycles. The summed E-state index contributed by atoms with van der Waals surface area (Å²) < 4.78 is 5.69. The van der Waals surface area contributed by atoms with Gasteiger partial charge in [0.2, 0.25) is 0 Å². The number of hydrogen-bond acceptors (Lipinski definition) is 2. The minimum atomic E-state index is -0.948. The van der Waals surface area contributed by atoms with Gasteiger partial charge in [0.05, 0.1) is 0 Å². The number of carbonyl (C=O) groups is 1. The van der Waals surface area contributed by atoms with Gasteiger partial charge in [0.1, 0.15) is 5.75 Å². The molecule has 3 heteroatoms. The summed E-state index contributed by atoms with van der Waals surface area (Å²) in [6, 6.07) is 15.5. The van der Waals surface area contributed by atoms with Crippen LogP contribution in [-0.4, -0.2) is 17.2 Å². The summed E-state index contributed by atoms with van der Waals surface area (Å²) in [6.07, 6.45) is -0.534. The molecule has 0 aromatic heterocycles. The Hall–Kier alpha value is -2.29. The highest BCUT2D eigenvalue weighted by atomic mass is 16.5. The number of ether oxygens (including phenoxy) is 1. The van der Waals surface area contributed by atoms with E-state index in [-0.39, 0.29) is 0 Å². The molecule has 2 aromatic rings. The molecule has 0 aliphatic heterocycles. The van der Waals surface area contributed by atoms with E-state index in [0.717, 1.165) is 11.1 Å². The van der Waals surface area contributed by atoms with Gasteiger partial charge in [-0.2, -0.15) is 0 Å². The van der Waals surface area contributed by atoms with Crippen molar-refractivity contribution < 1.29 is 14.6 Å². The van der Waals surface area contributed by atoms with E-state index in [9.17, 15) is 9.90 Å². The number of benzene rings is 2. The Morgan fingerprint density at radius 2 is 1.73 bits per heavy atom. The normalized spacial score (nSPS) is 12.2. The summed E-state index contributed by atoms with van der Waals surface area (Å²) in [6.45, 7) is 6.18. The molecule has 0 spiro atoms. The molecule has 116 valence electrons. The topological polar surface area (TPSA) is 46.5 Å². The van der Waals surface area contributed by atoms with Crippen molar-refractivity contribution in [2.75, 3.05) is 0 Å². The van der Waals surface area contributed by atoms with Crippen molar-refractivity contribution in [3.8, 4) is 5.75 Å². The van der Waals surface area contributed by atoms with Crippen LogP contribution >= 0.6 is 0 Å². The van der Waals surface area contributed by atoms with Crippen LogP contribution in [-0.2, 0) is 11.2 Å². The molecule has 0 radical (unpaired) electrons. The number of rotatable bonds is 6. The zero-order valence-corrected chi connectivity index (χ0v) is 13.2. The molecule has 0 heterocycles. The summed E-state index contributed by atoms with van der Waals surface area (Å²) >= 11 is 0. The van der Waals surface area contributed by atoms with E-state index < -0.39 is 12.1 Å². The van der Waals surface area contributed by atoms with Gasteiger partial charge in [-0.15, -0.1) is 0 Å². The number of para-hydroxylation sites is 1. The third-order valence-electron chi connectivity index (χ3n) is 3.71. The fourth-order valence-corrected chi connectivity index (χ4v) is 2.27. The van der Waals surface area contributed by atoms with Crippen molar-refractivity contribution in [2.24, 2.45) is 0 Å². The van der Waals surface area contributed by atoms with E-state index in [2.05, 4.69) is 13.8 Å². The number of hydrogen-bond donors (Lipinski definition) is 1. The van der Waals surface area contributed by atoms with Gasteiger partial charge in [0.15, 0.2) is 6.10 Å². The molecule has 0 bridgehead atoms. The minimum absolute atomic E-state index is 0.349. The zero-order chi connectivity index (χ0) is 16.1. The van der Waals surface area contributed by atoms with Crippen LogP contribution in [0.25, 0.3) is 0 Å². The fraction of sp³-hybridized carbons (Fsp3) is 0.316. The third-order valence-corrected chi connectivity index (χ3v) is 3.71. The Labute approximate surface area is 131 Å². The van der Waals surface area contributed by atoms with Crippen LogP contribution < -0.4 is 4.74 Å². The molecule has 0 aliphatic carbocycles. The summed E-state index contributed by atoms with van der Waals surface area (Å²) in [4.78, 5) is 11.5. The largest absolute Gasteiger partial charge is 0.478 e. The molecule has 22 heavy (non-hydrogen) atoms. The van der Waals surface area contributed by atoms with E-state index in [1.165, 1.54) is 5.56 Å². The van der Waals surface area contributed by atoms with Crippen molar-refractivity contribution in [1.82, 2.24) is 0 Å². The van der Waals surface area contributed by atoms with Crippen LogP contribution in [0.1, 0.15) is 36.5 Å². The predicted octanol–water partition coefficient (Wildman–Crippen LogP) is 4.19. The maximum absolute atomic E-state index is 11.5. The van der Waals surface area contributed by atoms with Gasteiger partial charge in [0.25, 0.3) is 0 Å². The minimum Gasteiger partial charge on any atom is -0.478 e. The monoisotopic (exact) mass is 298 g/mol. The van der Waals surface area contributed by atoms with Gasteiger partial charge in [-0.1, -0.05) is 56.3 Å². The van der Waals surface area contributed by atoms with Gasteiger partial charge in [-0.05, 0) is 35.6 Å². The third kappa shape index (κ3) is 4.10. The van der Waals surface area contributed by atoms with E-state index in [1.807, 2.05) is 49.4 Å². The molecule has 0 saturated carbocycles. The summed E-state index contributed by atoms with van der Waals surface area (Å²) in [5.74, 6) is 0.137. The molecule has 0 unspecified atom stereocenters. The predicted molar refractivity (Wildman–Crippen MR) is 87.5 cm³/mol. The SMILES string of the molecule is Cc1ccccc1O[C@H](Cc1ccc(C(C)C)cc1)C(=O)O. The first kappa shape index (κ1) is 16.1. The second-order valence-electron chi connectivity index (χ2n) is 5.81. The molecule has 3 nitrogen and oxygen atoms in total. The van der Waals surface area contributed by atoms with Gasteiger partial charge in [0, 0.05) is 6.42 Å². The maximum atomic E-state index is 11.5. The Morgan fingerprint density at radius 3 is 2.27 bits per heavy atom. The van der Waals surface area contributed by atoms with Crippen LogP contribution in [0.15, 0.2) is 48.5 Å². The molecule has 1 N–H and O–H groups in total. The van der Waals surface area contributed by atoms with Crippen LogP contribution in [0.2, 0.25) is 0 Å². The average Bonchev–Trinajstić information content (AvgIpc) is 2.49. The van der Waals surface area contributed by atoms with Crippen LogP contribution in [0.5, 0.6) is 5.75 Å². The summed E-state index contributed by atoms with van der Waals surface area (Å²) in [5, 5.41) is 9.40. The Bertz CT molecular complexity index is 629. The first-order valence-electron chi connectivity index (χ1n) is 7.51. The molecule has 1 atom stereocenters. The molecule has 2 rings (SSSR count). The van der Waals surface area contributed by atoms with Gasteiger partial charge in [-0.3, -0.25) is 0 Å². The van der Waals surface area contributed by atoms with Gasteiger partial charge < -0.3 is 9.84 Å². The zero-order valence-electron chi connectivity index (χ0n) is 13.2. The Balaban J connectivity index is 2.12. The lowest BCUT2D eigenvalue weighted by molar-refractivity contribution is -0.145. The fourth-order valence-electron chi connectivity index (χ4n) is 2.27. The summed E-state index contributed by atoms with van der Waals surface area (Å²) in [7, 11) is 0. The molecule has 0 fully saturated rings. The number of carboxylic acid groups (broad SMARTS) is 1. The standard InChI is InChI=1S/C19H22O3/c1-13(2)16-10-8-15(9-11-16)12-18(19(20)21)22-17-7-5-4-6-14(17)3/h4-11,13,18H,12H2,1-3H3,(H,20,21)/t18-/m1/s1. The second kappa shape index (κ2) is 7.12. The lowest BCUT2D eigenvalue weighted by atomic mass is 9.99. The first-order chi connectivity index (χ1) is 10.5. The molecular formula is C19H22O3. The number of aliphatic carboxylic acids is 1. The maximum Gasteiger partial charge on any atom is 0.345 e. The van der Waals surface area contributed by atoms with Gasteiger partial charge in [-0.25, -0.2) is 4.79 Å². The highest BCUT2D eigenvalue weighted by molar-refractivity contribution is 5.73. The van der Waals surface area contributed by atoms with Crippen LogP contribution in [0.3, 0.4) is 0 Å². The van der Waals surface area contributed by atoms with E-state index in [1.54, 1.807) is 6.07 Å². The van der Waals surface area contributed by atoms with Crippen LogP contribution in [0, 0.1) is 6.92 Å². The smallest absolute Gasteiger partial charge is 0.345 e. The van der Waals surface area contributed by atoms with Crippen molar-refractivity contribution in [2.45, 2.75) is 39.2 Å². The highest BCUT2D eigenvalue weighted by Gasteiger charge is 2.20. The Morgan fingerprint density at radius 1 is 1.09 bits per heavy atom. The van der Waals surface area contributed by atoms with E-state index in [4.69, 9.17) is 4.74 Å². The quantitative estimate of drug-likeness (QED) is 0.869. The molecule has 0 amide bonds. The molecule has 0 aliphatic rings. The lowest BCUT2D eigenvalue weighted by Crippen LogP contribution is -2.29. The van der Waals surface area contributed by atoms with E-state index >= 15 is 0 Å². The van der Waals surface area contributed by atoms with Crippen LogP contribution in [0.4, 0.5) is 0 Å². The Kier molecular flexibility index (Phi) is 5.21. The highest BCUT2D eigenvalue weighted by Crippen LogP contribution is 2.20.